The molecular formula is C53H37NO. The van der Waals surface area contributed by atoms with E-state index in [1.807, 2.05) is 0 Å². The third-order valence-corrected chi connectivity index (χ3v) is 13.1. The van der Waals surface area contributed by atoms with E-state index in [9.17, 15) is 0 Å². The van der Waals surface area contributed by atoms with Gasteiger partial charge in [0.25, 0.3) is 0 Å². The van der Waals surface area contributed by atoms with Gasteiger partial charge in [0.05, 0.1) is 17.1 Å². The Morgan fingerprint density at radius 3 is 1.76 bits per heavy atom. The molecule has 3 aliphatic rings. The Hall–Kier alpha value is -6.64. The van der Waals surface area contributed by atoms with Gasteiger partial charge < -0.3 is 9.32 Å². The quantitative estimate of drug-likeness (QED) is 0.182. The molecule has 2 nitrogen and oxygen atoms in total. The monoisotopic (exact) mass is 703 g/mol. The van der Waals surface area contributed by atoms with Crippen molar-refractivity contribution >= 4 is 39.0 Å². The summed E-state index contributed by atoms with van der Waals surface area (Å²) >= 11 is 0. The molecule has 9 aromatic rings. The van der Waals surface area contributed by atoms with E-state index in [4.69, 9.17) is 4.42 Å². The van der Waals surface area contributed by atoms with Gasteiger partial charge in [0.15, 0.2) is 0 Å². The van der Waals surface area contributed by atoms with Crippen molar-refractivity contribution in [1.29, 1.82) is 0 Å². The summed E-state index contributed by atoms with van der Waals surface area (Å²) in [4.78, 5) is 2.58. The van der Waals surface area contributed by atoms with E-state index in [1.54, 1.807) is 0 Å². The molecule has 55 heavy (non-hydrogen) atoms. The van der Waals surface area contributed by atoms with Crippen LogP contribution >= 0.6 is 0 Å². The Morgan fingerprint density at radius 1 is 0.400 bits per heavy atom. The molecule has 0 radical (unpaired) electrons. The van der Waals surface area contributed by atoms with E-state index in [0.717, 1.165) is 44.2 Å². The van der Waals surface area contributed by atoms with Crippen LogP contribution in [0, 0.1) is 0 Å². The van der Waals surface area contributed by atoms with E-state index >= 15 is 0 Å². The lowest BCUT2D eigenvalue weighted by Crippen LogP contribution is -2.32. The highest BCUT2D eigenvalue weighted by atomic mass is 16.3. The van der Waals surface area contributed by atoms with Gasteiger partial charge in [-0.2, -0.15) is 0 Å². The maximum atomic E-state index is 6.96. The summed E-state index contributed by atoms with van der Waals surface area (Å²) in [6, 6.07) is 62.7. The van der Waals surface area contributed by atoms with E-state index < -0.39 is 0 Å². The van der Waals surface area contributed by atoms with Crippen molar-refractivity contribution in [3.05, 3.63) is 198 Å². The van der Waals surface area contributed by atoms with Gasteiger partial charge in [0.1, 0.15) is 11.2 Å². The first-order chi connectivity index (χ1) is 26.9. The second-order valence-electron chi connectivity index (χ2n) is 16.1. The highest BCUT2D eigenvalue weighted by molar-refractivity contribution is 6.13. The fraction of sp³-hybridized carbons (Fsp3) is 0.0943. The fourth-order valence-corrected chi connectivity index (χ4v) is 10.6. The predicted molar refractivity (Wildman–Crippen MR) is 228 cm³/mol. The molecule has 0 saturated carbocycles. The lowest BCUT2D eigenvalue weighted by molar-refractivity contribution is 0.660. The molecular weight excluding hydrogens is 667 g/mol. The third-order valence-electron chi connectivity index (χ3n) is 13.1. The summed E-state index contributed by atoms with van der Waals surface area (Å²) in [5.74, 6) is 0. The van der Waals surface area contributed by atoms with E-state index in [-0.39, 0.29) is 10.8 Å². The van der Waals surface area contributed by atoms with Crippen molar-refractivity contribution in [1.82, 2.24) is 0 Å². The smallest absolute Gasteiger partial charge is 0.143 e. The van der Waals surface area contributed by atoms with Crippen molar-refractivity contribution in [2.45, 2.75) is 31.6 Å². The largest absolute Gasteiger partial charge is 0.455 e. The molecule has 0 saturated heterocycles. The van der Waals surface area contributed by atoms with E-state index in [0.29, 0.717) is 0 Å². The molecule has 0 bridgehead atoms. The Labute approximate surface area is 320 Å². The summed E-state index contributed by atoms with van der Waals surface area (Å²) in [7, 11) is 0. The molecule has 0 fully saturated rings. The molecule has 1 aromatic heterocycles. The van der Waals surface area contributed by atoms with Crippen LogP contribution in [0.2, 0.25) is 0 Å². The van der Waals surface area contributed by atoms with Gasteiger partial charge in [-0.15, -0.1) is 0 Å². The normalized spacial score (nSPS) is 16.8. The lowest BCUT2D eigenvalue weighted by atomic mass is 9.70. The average Bonchev–Trinajstić information content (AvgIpc) is 3.83. The zero-order chi connectivity index (χ0) is 36.6. The molecule has 0 spiro atoms. The van der Waals surface area contributed by atoms with Crippen LogP contribution in [-0.2, 0) is 10.8 Å². The first-order valence-electron chi connectivity index (χ1n) is 19.4. The predicted octanol–water partition coefficient (Wildman–Crippen LogP) is 14.3. The standard InChI is InChI=1S/C53H37NO/c1-52(2)41-24-9-8-18-40(41)48-44(52)26-14-27-45(48)54-46-28-13-21-37-36-17-7-10-25-42(36)53(3,49(37)46)43-30-29-33(31-47(43)54)35-20-12-23-39-38-22-11-19-34(50(38)55-51(35)39)32-15-5-4-6-16-32/h4-31H,1-3H3. The number of benzene rings is 8. The van der Waals surface area contributed by atoms with Crippen molar-refractivity contribution < 1.29 is 4.42 Å². The van der Waals surface area contributed by atoms with Crippen molar-refractivity contribution in [2.75, 3.05) is 4.90 Å². The molecule has 0 amide bonds. The van der Waals surface area contributed by atoms with E-state index in [2.05, 4.69) is 196 Å². The minimum absolute atomic E-state index is 0.110. The molecule has 260 valence electrons. The van der Waals surface area contributed by atoms with Gasteiger partial charge in [0, 0.05) is 38.3 Å². The van der Waals surface area contributed by atoms with Crippen molar-refractivity contribution in [3.63, 3.8) is 0 Å². The Balaban J connectivity index is 1.15. The highest BCUT2D eigenvalue weighted by Crippen LogP contribution is 2.64. The Kier molecular flexibility index (Phi) is 6.01. The molecule has 2 aliphatic carbocycles. The van der Waals surface area contributed by atoms with Gasteiger partial charge in [-0.25, -0.2) is 0 Å². The Morgan fingerprint density at radius 2 is 0.982 bits per heavy atom. The topological polar surface area (TPSA) is 16.4 Å². The zero-order valence-corrected chi connectivity index (χ0v) is 31.0. The maximum Gasteiger partial charge on any atom is 0.143 e. The van der Waals surface area contributed by atoms with Crippen LogP contribution in [0.4, 0.5) is 17.1 Å². The minimum Gasteiger partial charge on any atom is -0.455 e. The highest BCUT2D eigenvalue weighted by Gasteiger charge is 2.49. The number of furan rings is 1. The van der Waals surface area contributed by atoms with Gasteiger partial charge in [0.2, 0.25) is 0 Å². The first-order valence-corrected chi connectivity index (χ1v) is 19.4. The number of fused-ring (bicyclic) bond motifs is 11. The van der Waals surface area contributed by atoms with Gasteiger partial charge in [-0.1, -0.05) is 166 Å². The third kappa shape index (κ3) is 3.89. The fourth-order valence-electron chi connectivity index (χ4n) is 10.6. The molecule has 1 unspecified atom stereocenters. The number of para-hydroxylation sites is 2. The molecule has 2 heteroatoms. The second kappa shape index (κ2) is 10.7. The lowest BCUT2D eigenvalue weighted by Gasteiger charge is -2.43. The van der Waals surface area contributed by atoms with Crippen LogP contribution in [-0.4, -0.2) is 0 Å². The molecule has 8 aromatic carbocycles. The maximum absolute atomic E-state index is 6.96. The average molecular weight is 704 g/mol. The summed E-state index contributed by atoms with van der Waals surface area (Å²) in [5.41, 5.74) is 21.7. The number of hydrogen-bond acceptors (Lipinski definition) is 2. The van der Waals surface area contributed by atoms with Crippen LogP contribution in [0.5, 0.6) is 0 Å². The number of nitrogens with zero attached hydrogens (tertiary/aromatic N) is 1. The molecule has 0 N–H and O–H groups in total. The number of anilines is 3. The summed E-state index contributed by atoms with van der Waals surface area (Å²) < 4.78 is 6.96. The van der Waals surface area contributed by atoms with Gasteiger partial charge in [-0.3, -0.25) is 0 Å². The number of hydrogen-bond donors (Lipinski definition) is 0. The van der Waals surface area contributed by atoms with Crippen LogP contribution in [0.15, 0.2) is 174 Å². The SMILES string of the molecule is CC1(C)c2ccccc2-c2c(N3c4cc(-c5cccc6c5oc5c(-c7ccccc7)cccc56)ccc4C4(C)c5ccccc5-c5cccc3c54)cccc21. The minimum atomic E-state index is -0.321. The zero-order valence-electron chi connectivity index (χ0n) is 31.0. The molecule has 1 atom stereocenters. The van der Waals surface area contributed by atoms with Gasteiger partial charge >= 0.3 is 0 Å². The van der Waals surface area contributed by atoms with Crippen LogP contribution in [0.25, 0.3) is 66.4 Å². The van der Waals surface area contributed by atoms with E-state index in [1.165, 1.54) is 67.1 Å². The van der Waals surface area contributed by atoms with Crippen LogP contribution < -0.4 is 4.90 Å². The molecule has 12 rings (SSSR count). The number of rotatable bonds is 3. The van der Waals surface area contributed by atoms with Crippen LogP contribution in [0.1, 0.15) is 48.6 Å². The van der Waals surface area contributed by atoms with Gasteiger partial charge in [-0.05, 0) is 80.8 Å². The Bertz CT molecular complexity index is 3090. The summed E-state index contributed by atoms with van der Waals surface area (Å²) in [6.07, 6.45) is 0. The molecule has 2 heterocycles. The second-order valence-corrected chi connectivity index (χ2v) is 16.1. The summed E-state index contributed by atoms with van der Waals surface area (Å²) in [5, 5.41) is 2.27. The van der Waals surface area contributed by atoms with Crippen molar-refractivity contribution in [3.8, 4) is 44.5 Å². The van der Waals surface area contributed by atoms with Crippen LogP contribution in [0.3, 0.4) is 0 Å². The van der Waals surface area contributed by atoms with Crippen molar-refractivity contribution in [2.24, 2.45) is 0 Å². The first kappa shape index (κ1) is 30.8. The summed E-state index contributed by atoms with van der Waals surface area (Å²) in [6.45, 7) is 7.18. The molecule has 1 aliphatic heterocycles.